The number of nitrogens with zero attached hydrogens (tertiary/aromatic N) is 3. The smallest absolute Gasteiger partial charge is 0.325 e. The van der Waals surface area contributed by atoms with Gasteiger partial charge in [0.2, 0.25) is 5.89 Å². The molecule has 1 saturated heterocycles. The maximum Gasteiger partial charge on any atom is 0.325 e. The first-order valence-electron chi connectivity index (χ1n) is 8.28. The molecule has 1 fully saturated rings. The summed E-state index contributed by atoms with van der Waals surface area (Å²) in [6, 6.07) is 7.87. The van der Waals surface area contributed by atoms with Gasteiger partial charge >= 0.3 is 6.03 Å². The first-order valence-corrected chi connectivity index (χ1v) is 8.28. The highest BCUT2D eigenvalue weighted by Gasteiger charge is 2.44. The Balaban J connectivity index is 1.67. The number of benzene rings is 1. The second-order valence-corrected chi connectivity index (χ2v) is 7.09. The van der Waals surface area contributed by atoms with Gasteiger partial charge in [-0.05, 0) is 32.8 Å². The largest absolute Gasteiger partial charge is 0.339 e. The number of imide groups is 1. The number of rotatable bonds is 5. The number of aromatic nitrogens is 2. The summed E-state index contributed by atoms with van der Waals surface area (Å²) in [6.45, 7) is 7.40. The van der Waals surface area contributed by atoms with Gasteiger partial charge in [-0.2, -0.15) is 4.98 Å². The van der Waals surface area contributed by atoms with Gasteiger partial charge in [0, 0.05) is 5.92 Å². The zero-order valence-corrected chi connectivity index (χ0v) is 14.9. The number of amides is 3. The van der Waals surface area contributed by atoms with Crippen LogP contribution in [0, 0.1) is 6.92 Å². The molecule has 132 valence electrons. The molecular formula is C18H22N4O3. The third-order valence-corrected chi connectivity index (χ3v) is 4.31. The Hall–Kier alpha value is -2.70. The zero-order chi connectivity index (χ0) is 18.2. The summed E-state index contributed by atoms with van der Waals surface area (Å²) in [5.41, 5.74) is 1.50. The van der Waals surface area contributed by atoms with E-state index in [0.717, 1.165) is 11.3 Å². The first kappa shape index (κ1) is 17.1. The molecule has 0 bridgehead atoms. The van der Waals surface area contributed by atoms with E-state index in [1.807, 2.05) is 6.92 Å². The second kappa shape index (κ2) is 6.31. The predicted octanol–water partition coefficient (Wildman–Crippen LogP) is 2.55. The van der Waals surface area contributed by atoms with E-state index in [9.17, 15) is 9.59 Å². The molecule has 1 aromatic carbocycles. The molecule has 0 saturated carbocycles. The highest BCUT2D eigenvalue weighted by atomic mass is 16.5. The van der Waals surface area contributed by atoms with Crippen LogP contribution in [0.5, 0.6) is 0 Å². The topological polar surface area (TPSA) is 88.3 Å². The maximum absolute atomic E-state index is 12.2. The molecule has 7 nitrogen and oxygen atoms in total. The van der Waals surface area contributed by atoms with Gasteiger partial charge in [0.05, 0.1) is 6.54 Å². The Labute approximate surface area is 146 Å². The van der Waals surface area contributed by atoms with E-state index in [4.69, 9.17) is 4.52 Å². The molecule has 1 aliphatic rings. The zero-order valence-electron chi connectivity index (χ0n) is 14.9. The summed E-state index contributed by atoms with van der Waals surface area (Å²) in [5.74, 6) is 0.578. The van der Waals surface area contributed by atoms with E-state index in [0.29, 0.717) is 11.7 Å². The van der Waals surface area contributed by atoms with Crippen molar-refractivity contribution < 1.29 is 14.1 Å². The average molecular weight is 342 g/mol. The molecule has 3 rings (SSSR count). The van der Waals surface area contributed by atoms with Crippen LogP contribution in [0.4, 0.5) is 4.79 Å². The number of urea groups is 1. The highest BCUT2D eigenvalue weighted by molar-refractivity contribution is 6.06. The monoisotopic (exact) mass is 342 g/mol. The van der Waals surface area contributed by atoms with Gasteiger partial charge in [-0.3, -0.25) is 9.69 Å². The van der Waals surface area contributed by atoms with E-state index in [1.165, 1.54) is 11.1 Å². The van der Waals surface area contributed by atoms with Gasteiger partial charge in [-0.1, -0.05) is 41.9 Å². The van der Waals surface area contributed by atoms with Gasteiger partial charge in [0.25, 0.3) is 5.91 Å². The summed E-state index contributed by atoms with van der Waals surface area (Å²) in [6.07, 6.45) is 0.776. The summed E-state index contributed by atoms with van der Waals surface area (Å²) in [4.78, 5) is 29.6. The number of hydrogen-bond acceptors (Lipinski definition) is 5. The summed E-state index contributed by atoms with van der Waals surface area (Å²) in [5, 5.41) is 6.54. The van der Waals surface area contributed by atoms with E-state index >= 15 is 0 Å². The molecule has 3 amide bonds. The molecule has 2 aromatic rings. The maximum atomic E-state index is 12.2. The lowest BCUT2D eigenvalue weighted by Gasteiger charge is -2.14. The molecule has 0 spiro atoms. The van der Waals surface area contributed by atoms with Crippen molar-refractivity contribution in [3.05, 3.63) is 47.1 Å². The molecule has 2 heterocycles. The Morgan fingerprint density at radius 3 is 2.52 bits per heavy atom. The normalized spacial score (nSPS) is 17.7. The minimum absolute atomic E-state index is 0.00878. The van der Waals surface area contributed by atoms with Crippen molar-refractivity contribution in [3.8, 4) is 0 Å². The van der Waals surface area contributed by atoms with Crippen molar-refractivity contribution in [2.75, 3.05) is 0 Å². The highest BCUT2D eigenvalue weighted by Crippen LogP contribution is 2.21. The summed E-state index contributed by atoms with van der Waals surface area (Å²) in [7, 11) is 0. The van der Waals surface area contributed by atoms with E-state index in [-0.39, 0.29) is 18.4 Å². The minimum Gasteiger partial charge on any atom is -0.339 e. The fourth-order valence-electron chi connectivity index (χ4n) is 2.80. The van der Waals surface area contributed by atoms with Crippen molar-refractivity contribution in [1.29, 1.82) is 0 Å². The van der Waals surface area contributed by atoms with E-state index in [2.05, 4.69) is 46.6 Å². The van der Waals surface area contributed by atoms with Crippen LogP contribution in [0.15, 0.2) is 28.8 Å². The minimum atomic E-state index is -0.900. The number of carbonyl (C=O) groups is 2. The number of hydrogen-bond donors (Lipinski definition) is 1. The number of nitrogens with one attached hydrogen (secondary N) is 1. The molecule has 1 atom stereocenters. The fraction of sp³-hybridized carbons (Fsp3) is 0.444. The van der Waals surface area contributed by atoms with Crippen LogP contribution in [0.3, 0.4) is 0 Å². The molecule has 0 radical (unpaired) electrons. The Morgan fingerprint density at radius 2 is 1.92 bits per heavy atom. The Kier molecular flexibility index (Phi) is 4.32. The van der Waals surface area contributed by atoms with Crippen LogP contribution >= 0.6 is 0 Å². The van der Waals surface area contributed by atoms with Crippen LogP contribution < -0.4 is 5.32 Å². The van der Waals surface area contributed by atoms with E-state index < -0.39 is 11.6 Å². The van der Waals surface area contributed by atoms with Gasteiger partial charge < -0.3 is 9.84 Å². The lowest BCUT2D eigenvalue weighted by molar-refractivity contribution is -0.130. The fourth-order valence-corrected chi connectivity index (χ4v) is 2.80. The molecule has 1 aromatic heterocycles. The van der Waals surface area contributed by atoms with Crippen molar-refractivity contribution >= 4 is 11.9 Å². The second-order valence-electron chi connectivity index (χ2n) is 7.09. The molecule has 1 N–H and O–H groups in total. The Morgan fingerprint density at radius 1 is 1.24 bits per heavy atom. The molecule has 0 aliphatic carbocycles. The van der Waals surface area contributed by atoms with Crippen LogP contribution in [-0.4, -0.2) is 32.5 Å². The molecule has 7 heteroatoms. The molecule has 1 aliphatic heterocycles. The van der Waals surface area contributed by atoms with Crippen LogP contribution in [0.2, 0.25) is 0 Å². The lowest BCUT2D eigenvalue weighted by atomic mass is 10.0. The first-order chi connectivity index (χ1) is 11.8. The Bertz CT molecular complexity index is 795. The van der Waals surface area contributed by atoms with Gasteiger partial charge in [-0.25, -0.2) is 4.79 Å². The van der Waals surface area contributed by atoms with E-state index in [1.54, 1.807) is 13.8 Å². The SMILES string of the molecule is Cc1ccc(C[C@H](C)c2nc(CN3C(=O)NC(C)(C)C3=O)no2)cc1. The molecule has 0 unspecified atom stereocenters. The molecular weight excluding hydrogens is 320 g/mol. The van der Waals surface area contributed by atoms with Gasteiger partial charge in [0.15, 0.2) is 5.82 Å². The molecule has 25 heavy (non-hydrogen) atoms. The van der Waals surface area contributed by atoms with Crippen LogP contribution in [0.25, 0.3) is 0 Å². The van der Waals surface area contributed by atoms with Gasteiger partial charge in [-0.15, -0.1) is 0 Å². The average Bonchev–Trinajstić information content (AvgIpc) is 3.08. The summed E-state index contributed by atoms with van der Waals surface area (Å²) < 4.78 is 5.32. The number of aryl methyl sites for hydroxylation is 1. The quantitative estimate of drug-likeness (QED) is 0.844. The predicted molar refractivity (Wildman–Crippen MR) is 90.8 cm³/mol. The standard InChI is InChI=1S/C18H22N4O3/c1-11-5-7-13(8-6-11)9-12(2)15-19-14(21-25-15)10-22-16(23)18(3,4)20-17(22)24/h5-8,12H,9-10H2,1-4H3,(H,20,24)/t12-/m0/s1. The van der Waals surface area contributed by atoms with Crippen molar-refractivity contribution in [3.63, 3.8) is 0 Å². The van der Waals surface area contributed by atoms with Crippen molar-refractivity contribution in [2.24, 2.45) is 0 Å². The third-order valence-electron chi connectivity index (χ3n) is 4.31. The van der Waals surface area contributed by atoms with Crippen LogP contribution in [0.1, 0.15) is 49.5 Å². The van der Waals surface area contributed by atoms with Crippen LogP contribution in [-0.2, 0) is 17.8 Å². The van der Waals surface area contributed by atoms with Crippen molar-refractivity contribution in [2.45, 2.75) is 52.1 Å². The van der Waals surface area contributed by atoms with Crippen molar-refractivity contribution in [1.82, 2.24) is 20.4 Å². The van der Waals surface area contributed by atoms with Gasteiger partial charge in [0.1, 0.15) is 5.54 Å². The lowest BCUT2D eigenvalue weighted by Crippen LogP contribution is -2.40. The number of carbonyl (C=O) groups excluding carboxylic acids is 2. The third kappa shape index (κ3) is 3.55. The summed E-state index contributed by atoms with van der Waals surface area (Å²) >= 11 is 0.